The monoisotopic (exact) mass is 271 g/mol. The highest BCUT2D eigenvalue weighted by Gasteiger charge is 2.24. The molecule has 108 valence electrons. The maximum atomic E-state index is 13.2. The predicted molar refractivity (Wildman–Crippen MR) is 72.8 cm³/mol. The molecule has 0 saturated heterocycles. The van der Waals surface area contributed by atoms with Gasteiger partial charge in [0, 0.05) is 6.04 Å². The van der Waals surface area contributed by atoms with Crippen LogP contribution in [0.2, 0.25) is 0 Å². The van der Waals surface area contributed by atoms with Gasteiger partial charge >= 0.3 is 0 Å². The molecule has 2 atom stereocenters. The second-order valence-electron chi connectivity index (χ2n) is 5.69. The molecule has 19 heavy (non-hydrogen) atoms. The molecule has 4 heteroatoms. The van der Waals surface area contributed by atoms with Crippen LogP contribution in [0, 0.1) is 23.5 Å². The van der Waals surface area contributed by atoms with Crippen molar-refractivity contribution >= 4 is 0 Å². The van der Waals surface area contributed by atoms with Gasteiger partial charge in [0.25, 0.3) is 0 Å². The number of hydrogen-bond donors (Lipinski definition) is 2. The number of hydrogen-bond acceptors (Lipinski definition) is 2. The molecule has 0 bridgehead atoms. The fraction of sp³-hybridized carbons (Fsp3) is 0.600. The van der Waals surface area contributed by atoms with E-state index in [2.05, 4.69) is 19.2 Å². The highest BCUT2D eigenvalue weighted by molar-refractivity contribution is 5.21. The van der Waals surface area contributed by atoms with Gasteiger partial charge in [-0.25, -0.2) is 8.78 Å². The summed E-state index contributed by atoms with van der Waals surface area (Å²) >= 11 is 0. The number of halogens is 2. The Balaban J connectivity index is 2.85. The van der Waals surface area contributed by atoms with Crippen LogP contribution in [0.15, 0.2) is 18.2 Å². The number of aliphatic hydroxyl groups excluding tert-OH is 1. The highest BCUT2D eigenvalue weighted by Crippen LogP contribution is 2.23. The van der Waals surface area contributed by atoms with Gasteiger partial charge in [-0.2, -0.15) is 0 Å². The van der Waals surface area contributed by atoms with Crippen molar-refractivity contribution in [2.45, 2.75) is 39.8 Å². The average Bonchev–Trinajstić information content (AvgIpc) is 2.31. The zero-order chi connectivity index (χ0) is 14.6. The molecule has 0 aliphatic heterocycles. The predicted octanol–water partition coefficient (Wildman–Crippen LogP) is 3.27. The molecule has 1 aromatic rings. The van der Waals surface area contributed by atoms with E-state index in [-0.39, 0.29) is 12.0 Å². The third-order valence-corrected chi connectivity index (χ3v) is 3.11. The second kappa shape index (κ2) is 6.96. The first-order valence-corrected chi connectivity index (χ1v) is 6.69. The molecule has 0 aromatic heterocycles. The summed E-state index contributed by atoms with van der Waals surface area (Å²) in [6, 6.07) is 3.35. The van der Waals surface area contributed by atoms with Gasteiger partial charge in [0.15, 0.2) is 11.6 Å². The van der Waals surface area contributed by atoms with Crippen molar-refractivity contribution in [1.82, 2.24) is 5.32 Å². The van der Waals surface area contributed by atoms with Crippen LogP contribution in [-0.4, -0.2) is 17.7 Å². The molecular weight excluding hydrogens is 248 g/mol. The molecule has 1 rings (SSSR count). The molecule has 0 heterocycles. The molecule has 2 nitrogen and oxygen atoms in total. The lowest BCUT2D eigenvalue weighted by atomic mass is 9.93. The third-order valence-electron chi connectivity index (χ3n) is 3.11. The minimum Gasteiger partial charge on any atom is -0.387 e. The van der Waals surface area contributed by atoms with E-state index < -0.39 is 17.7 Å². The van der Waals surface area contributed by atoms with Crippen molar-refractivity contribution in [3.63, 3.8) is 0 Å². The first-order chi connectivity index (χ1) is 8.82. The lowest BCUT2D eigenvalue weighted by molar-refractivity contribution is 0.103. The van der Waals surface area contributed by atoms with Crippen LogP contribution in [0.1, 0.15) is 39.4 Å². The normalized spacial score (nSPS) is 15.0. The van der Waals surface area contributed by atoms with E-state index in [4.69, 9.17) is 0 Å². The van der Waals surface area contributed by atoms with Crippen LogP contribution in [0.3, 0.4) is 0 Å². The van der Waals surface area contributed by atoms with Gasteiger partial charge in [-0.3, -0.25) is 0 Å². The van der Waals surface area contributed by atoms with Crippen molar-refractivity contribution in [2.75, 3.05) is 6.54 Å². The van der Waals surface area contributed by atoms with E-state index in [1.807, 2.05) is 13.8 Å². The summed E-state index contributed by atoms with van der Waals surface area (Å²) in [6.45, 7) is 8.90. The Kier molecular flexibility index (Phi) is 5.88. The van der Waals surface area contributed by atoms with Gasteiger partial charge < -0.3 is 10.4 Å². The van der Waals surface area contributed by atoms with E-state index in [0.29, 0.717) is 11.5 Å². The fourth-order valence-corrected chi connectivity index (χ4v) is 1.99. The maximum Gasteiger partial charge on any atom is 0.159 e. The molecule has 0 spiro atoms. The molecule has 0 aliphatic rings. The summed E-state index contributed by atoms with van der Waals surface area (Å²) in [5, 5.41) is 13.6. The quantitative estimate of drug-likeness (QED) is 0.832. The van der Waals surface area contributed by atoms with E-state index in [9.17, 15) is 13.9 Å². The van der Waals surface area contributed by atoms with Crippen LogP contribution in [0.25, 0.3) is 0 Å². The maximum absolute atomic E-state index is 13.2. The second-order valence-corrected chi connectivity index (χ2v) is 5.69. The molecule has 1 aromatic carbocycles. The van der Waals surface area contributed by atoms with Crippen LogP contribution >= 0.6 is 0 Å². The van der Waals surface area contributed by atoms with Crippen LogP contribution in [0.5, 0.6) is 0 Å². The Morgan fingerprint density at radius 3 is 2.21 bits per heavy atom. The molecule has 0 aliphatic carbocycles. The molecule has 0 radical (unpaired) electrons. The number of rotatable bonds is 6. The third kappa shape index (κ3) is 4.55. The largest absolute Gasteiger partial charge is 0.387 e. The van der Waals surface area contributed by atoms with Crippen molar-refractivity contribution in [2.24, 2.45) is 11.8 Å². The lowest BCUT2D eigenvalue weighted by Crippen LogP contribution is -2.41. The first-order valence-electron chi connectivity index (χ1n) is 6.69. The van der Waals surface area contributed by atoms with Crippen LogP contribution in [-0.2, 0) is 0 Å². The Morgan fingerprint density at radius 2 is 1.74 bits per heavy atom. The summed E-state index contributed by atoms with van der Waals surface area (Å²) in [5.41, 5.74) is 0.397. The lowest BCUT2D eigenvalue weighted by Gasteiger charge is -2.28. The molecular formula is C15H23F2NO. The highest BCUT2D eigenvalue weighted by atomic mass is 19.2. The van der Waals surface area contributed by atoms with Gasteiger partial charge in [-0.15, -0.1) is 0 Å². The summed E-state index contributed by atoms with van der Waals surface area (Å²) in [5.74, 6) is -1.18. The van der Waals surface area contributed by atoms with Gasteiger partial charge in [0.05, 0.1) is 6.10 Å². The Morgan fingerprint density at radius 1 is 1.11 bits per heavy atom. The summed E-state index contributed by atoms with van der Waals surface area (Å²) in [7, 11) is 0. The Bertz CT molecular complexity index is 407. The summed E-state index contributed by atoms with van der Waals surface area (Å²) in [6.07, 6.45) is -0.853. The van der Waals surface area contributed by atoms with Crippen molar-refractivity contribution in [3.05, 3.63) is 35.4 Å². The van der Waals surface area contributed by atoms with E-state index in [1.54, 1.807) is 0 Å². The first kappa shape index (κ1) is 16.1. The minimum absolute atomic E-state index is 0.182. The molecule has 2 N–H and O–H groups in total. The fourth-order valence-electron chi connectivity index (χ4n) is 1.99. The SMILES string of the molecule is CC(C)CNC(C(C)C)C(O)c1ccc(F)c(F)c1. The van der Waals surface area contributed by atoms with E-state index >= 15 is 0 Å². The zero-order valence-electron chi connectivity index (χ0n) is 12.0. The smallest absolute Gasteiger partial charge is 0.159 e. The minimum atomic E-state index is -0.928. The average molecular weight is 271 g/mol. The zero-order valence-corrected chi connectivity index (χ0v) is 12.0. The topological polar surface area (TPSA) is 32.3 Å². The number of benzene rings is 1. The molecule has 2 unspecified atom stereocenters. The van der Waals surface area contributed by atoms with Crippen molar-refractivity contribution in [3.8, 4) is 0 Å². The van der Waals surface area contributed by atoms with Gasteiger partial charge in [-0.05, 0) is 36.1 Å². The Labute approximate surface area is 113 Å². The summed E-state index contributed by atoms with van der Waals surface area (Å²) < 4.78 is 26.1. The van der Waals surface area contributed by atoms with Crippen molar-refractivity contribution in [1.29, 1.82) is 0 Å². The number of nitrogens with one attached hydrogen (secondary N) is 1. The van der Waals surface area contributed by atoms with Gasteiger partial charge in [0.2, 0.25) is 0 Å². The standard InChI is InChI=1S/C15H23F2NO/c1-9(2)8-18-14(10(3)4)15(19)11-5-6-12(16)13(17)7-11/h5-7,9-10,14-15,18-19H,8H2,1-4H3. The molecule has 0 saturated carbocycles. The van der Waals surface area contributed by atoms with Gasteiger partial charge in [0.1, 0.15) is 0 Å². The van der Waals surface area contributed by atoms with Crippen LogP contribution < -0.4 is 5.32 Å². The van der Waals surface area contributed by atoms with E-state index in [0.717, 1.165) is 18.7 Å². The van der Waals surface area contributed by atoms with Crippen molar-refractivity contribution < 1.29 is 13.9 Å². The number of aliphatic hydroxyl groups is 1. The molecule has 0 amide bonds. The van der Waals surface area contributed by atoms with Gasteiger partial charge in [-0.1, -0.05) is 33.8 Å². The van der Waals surface area contributed by atoms with E-state index in [1.165, 1.54) is 6.07 Å². The molecule has 0 fully saturated rings. The Hall–Kier alpha value is -1.00. The summed E-state index contributed by atoms with van der Waals surface area (Å²) in [4.78, 5) is 0. The van der Waals surface area contributed by atoms with Crippen LogP contribution in [0.4, 0.5) is 8.78 Å².